The van der Waals surface area contributed by atoms with E-state index in [4.69, 9.17) is 0 Å². The molecule has 0 saturated carbocycles. The van der Waals surface area contributed by atoms with Gasteiger partial charge in [0.05, 0.1) is 28.3 Å². The van der Waals surface area contributed by atoms with Gasteiger partial charge in [0, 0.05) is 6.54 Å². The number of amides is 1. The highest BCUT2D eigenvalue weighted by Crippen LogP contribution is 2.18. The van der Waals surface area contributed by atoms with Gasteiger partial charge < -0.3 is 15.4 Å². The van der Waals surface area contributed by atoms with Crippen molar-refractivity contribution in [3.63, 3.8) is 0 Å². The molecule has 2 aromatic heterocycles. The van der Waals surface area contributed by atoms with Gasteiger partial charge >= 0.3 is 11.5 Å². The molecule has 0 aliphatic rings. The van der Waals surface area contributed by atoms with Crippen LogP contribution in [0.1, 0.15) is 25.1 Å². The number of aryl methyl sites for hydroxylation is 1. The van der Waals surface area contributed by atoms with Crippen LogP contribution in [0.3, 0.4) is 0 Å². The van der Waals surface area contributed by atoms with Gasteiger partial charge in [-0.3, -0.25) is 19.6 Å². The first-order valence-electron chi connectivity index (χ1n) is 7.48. The first-order valence-corrected chi connectivity index (χ1v) is 7.48. The van der Waals surface area contributed by atoms with Gasteiger partial charge in [-0.25, -0.2) is 0 Å². The highest BCUT2D eigenvalue weighted by atomic mass is 16.6. The Bertz CT molecular complexity index is 797. The van der Waals surface area contributed by atoms with Crippen LogP contribution in [0, 0.1) is 27.2 Å². The zero-order valence-corrected chi connectivity index (χ0v) is 13.7. The van der Waals surface area contributed by atoms with E-state index in [2.05, 4.69) is 15.5 Å². The molecule has 0 saturated heterocycles. The molecular weight excluding hydrogens is 334 g/mol. The minimum absolute atomic E-state index is 0.128. The van der Waals surface area contributed by atoms with Crippen molar-refractivity contribution in [3.8, 4) is 0 Å². The Morgan fingerprint density at radius 1 is 1.36 bits per heavy atom. The fourth-order valence-corrected chi connectivity index (χ4v) is 2.33. The Hall–Kier alpha value is -3.31. The molecule has 1 N–H and O–H groups in total. The standard InChI is InChI=1S/C13H17N7O5/c1-3-11(18-9(2)6-12(16-18)20(24)25)13(21)14-4-5-17-8-10(7-15-17)19(22)23/h6-8,11H,3-5H2,1-2H3,(H,14,21). The number of aromatic nitrogens is 4. The number of nitrogens with zero attached hydrogens (tertiary/aromatic N) is 6. The molecule has 1 atom stereocenters. The van der Waals surface area contributed by atoms with Crippen molar-refractivity contribution in [1.82, 2.24) is 24.9 Å². The summed E-state index contributed by atoms with van der Waals surface area (Å²) < 4.78 is 2.68. The second-order valence-electron chi connectivity index (χ2n) is 5.28. The summed E-state index contributed by atoms with van der Waals surface area (Å²) in [5.74, 6) is -0.655. The van der Waals surface area contributed by atoms with Gasteiger partial charge in [0.25, 0.3) is 0 Å². The molecule has 0 radical (unpaired) electrons. The second kappa shape index (κ2) is 7.51. The maximum Gasteiger partial charge on any atom is 0.390 e. The molecule has 0 bridgehead atoms. The fourth-order valence-electron chi connectivity index (χ4n) is 2.33. The van der Waals surface area contributed by atoms with E-state index >= 15 is 0 Å². The lowest BCUT2D eigenvalue weighted by molar-refractivity contribution is -0.389. The smallest absolute Gasteiger partial charge is 0.358 e. The summed E-state index contributed by atoms with van der Waals surface area (Å²) >= 11 is 0. The number of carbonyl (C=O) groups is 1. The largest absolute Gasteiger partial charge is 0.390 e. The van der Waals surface area contributed by atoms with E-state index in [0.717, 1.165) is 6.20 Å². The van der Waals surface area contributed by atoms with Crippen LogP contribution in [0.2, 0.25) is 0 Å². The molecule has 12 heteroatoms. The van der Waals surface area contributed by atoms with Gasteiger partial charge in [0.1, 0.15) is 12.4 Å². The SMILES string of the molecule is CCC(C(=O)NCCn1cc([N+](=O)[O-])cn1)n1nc([N+](=O)[O-])cc1C. The van der Waals surface area contributed by atoms with Crippen molar-refractivity contribution in [2.45, 2.75) is 32.9 Å². The number of rotatable bonds is 8. The first-order chi connectivity index (χ1) is 11.8. The maximum atomic E-state index is 12.3. The van der Waals surface area contributed by atoms with Gasteiger partial charge in [0.2, 0.25) is 5.91 Å². The summed E-state index contributed by atoms with van der Waals surface area (Å²) in [6, 6.07) is 0.624. The predicted molar refractivity (Wildman–Crippen MR) is 84.8 cm³/mol. The van der Waals surface area contributed by atoms with Crippen molar-refractivity contribution in [3.05, 3.63) is 44.4 Å². The van der Waals surface area contributed by atoms with Crippen LogP contribution < -0.4 is 5.32 Å². The Morgan fingerprint density at radius 2 is 2.08 bits per heavy atom. The number of nitro groups is 2. The van der Waals surface area contributed by atoms with Gasteiger partial charge in [-0.15, -0.1) is 0 Å². The van der Waals surface area contributed by atoms with Crippen LogP contribution in [-0.4, -0.2) is 41.9 Å². The van der Waals surface area contributed by atoms with E-state index in [1.165, 1.54) is 21.6 Å². The van der Waals surface area contributed by atoms with E-state index in [-0.39, 0.29) is 30.5 Å². The van der Waals surface area contributed by atoms with E-state index in [1.54, 1.807) is 13.8 Å². The fraction of sp³-hybridized carbons (Fsp3) is 0.462. The zero-order valence-electron chi connectivity index (χ0n) is 13.7. The van der Waals surface area contributed by atoms with Crippen LogP contribution in [-0.2, 0) is 11.3 Å². The first kappa shape index (κ1) is 18.0. The van der Waals surface area contributed by atoms with Crippen LogP contribution in [0.25, 0.3) is 0 Å². The van der Waals surface area contributed by atoms with E-state index in [1.807, 2.05) is 0 Å². The highest BCUT2D eigenvalue weighted by Gasteiger charge is 2.26. The molecule has 1 unspecified atom stereocenters. The molecule has 2 rings (SSSR count). The zero-order chi connectivity index (χ0) is 18.6. The quantitative estimate of drug-likeness (QED) is 0.549. The molecular formula is C13H17N7O5. The van der Waals surface area contributed by atoms with Gasteiger partial charge in [-0.2, -0.15) is 9.78 Å². The number of hydrogen-bond donors (Lipinski definition) is 1. The van der Waals surface area contributed by atoms with Crippen molar-refractivity contribution in [1.29, 1.82) is 0 Å². The van der Waals surface area contributed by atoms with Crippen LogP contribution in [0.4, 0.5) is 11.5 Å². The van der Waals surface area contributed by atoms with Crippen molar-refractivity contribution in [2.75, 3.05) is 6.54 Å². The average Bonchev–Trinajstić information content (AvgIpc) is 3.16. The van der Waals surface area contributed by atoms with Crippen LogP contribution >= 0.6 is 0 Å². The Kier molecular flexibility index (Phi) is 5.41. The summed E-state index contributed by atoms with van der Waals surface area (Å²) in [6.07, 6.45) is 2.80. The Labute approximate surface area is 141 Å². The third-order valence-electron chi connectivity index (χ3n) is 3.55. The molecule has 25 heavy (non-hydrogen) atoms. The van der Waals surface area contributed by atoms with Crippen LogP contribution in [0.15, 0.2) is 18.5 Å². The average molecular weight is 351 g/mol. The lowest BCUT2D eigenvalue weighted by Crippen LogP contribution is -2.35. The summed E-state index contributed by atoms with van der Waals surface area (Å²) in [6.45, 7) is 3.87. The third kappa shape index (κ3) is 4.16. The van der Waals surface area contributed by atoms with Crippen molar-refractivity contribution >= 4 is 17.4 Å². The predicted octanol–water partition coefficient (Wildman–Crippen LogP) is 0.972. The molecule has 2 aromatic rings. The minimum Gasteiger partial charge on any atom is -0.358 e. The lowest BCUT2D eigenvalue weighted by Gasteiger charge is -2.14. The van der Waals surface area contributed by atoms with E-state index in [0.29, 0.717) is 12.1 Å². The molecule has 0 aliphatic carbocycles. The lowest BCUT2D eigenvalue weighted by atomic mass is 10.2. The summed E-state index contributed by atoms with van der Waals surface area (Å²) in [5, 5.41) is 31.8. The van der Waals surface area contributed by atoms with Gasteiger partial charge in [0.15, 0.2) is 6.04 Å². The van der Waals surface area contributed by atoms with Crippen LogP contribution in [0.5, 0.6) is 0 Å². The monoisotopic (exact) mass is 351 g/mol. The highest BCUT2D eigenvalue weighted by molar-refractivity contribution is 5.80. The number of nitrogens with one attached hydrogen (secondary N) is 1. The van der Waals surface area contributed by atoms with Gasteiger partial charge in [-0.05, 0) is 18.3 Å². The molecule has 0 spiro atoms. The van der Waals surface area contributed by atoms with Crippen molar-refractivity contribution in [2.24, 2.45) is 0 Å². The summed E-state index contributed by atoms with van der Waals surface area (Å²) in [4.78, 5) is 32.6. The van der Waals surface area contributed by atoms with E-state index in [9.17, 15) is 25.0 Å². The number of hydrogen-bond acceptors (Lipinski definition) is 7. The molecule has 0 aromatic carbocycles. The molecule has 0 fully saturated rings. The second-order valence-corrected chi connectivity index (χ2v) is 5.28. The summed E-state index contributed by atoms with van der Waals surface area (Å²) in [5.41, 5.74) is 0.383. The molecule has 2 heterocycles. The minimum atomic E-state index is -0.680. The van der Waals surface area contributed by atoms with Gasteiger partial charge in [-0.1, -0.05) is 6.92 Å². The summed E-state index contributed by atoms with van der Waals surface area (Å²) in [7, 11) is 0. The topological polar surface area (TPSA) is 151 Å². The Morgan fingerprint density at radius 3 is 2.60 bits per heavy atom. The molecule has 1 amide bonds. The Balaban J connectivity index is 1.97. The molecule has 12 nitrogen and oxygen atoms in total. The third-order valence-corrected chi connectivity index (χ3v) is 3.55. The molecule has 0 aliphatic heterocycles. The van der Waals surface area contributed by atoms with Crippen molar-refractivity contribution < 1.29 is 14.6 Å². The normalized spacial score (nSPS) is 11.9. The molecule has 134 valence electrons. The number of carbonyl (C=O) groups excluding carboxylic acids is 1. The van der Waals surface area contributed by atoms with E-state index < -0.39 is 15.9 Å². The maximum absolute atomic E-state index is 12.3.